The quantitative estimate of drug-likeness (QED) is 0.747. The Morgan fingerprint density at radius 2 is 1.83 bits per heavy atom. The van der Waals surface area contributed by atoms with Crippen molar-refractivity contribution >= 4 is 0 Å². The first-order valence-electron chi connectivity index (χ1n) is 8.95. The van der Waals surface area contributed by atoms with Crippen molar-refractivity contribution in [3.63, 3.8) is 0 Å². The van der Waals surface area contributed by atoms with Crippen LogP contribution in [0.4, 0.5) is 0 Å². The smallest absolute Gasteiger partial charge is 0.120 e. The molecule has 2 heteroatoms. The van der Waals surface area contributed by atoms with E-state index in [1.54, 1.807) is 5.57 Å². The fraction of sp³-hybridized carbons (Fsp3) is 0.364. The Kier molecular flexibility index (Phi) is 4.40. The van der Waals surface area contributed by atoms with Gasteiger partial charge in [0.2, 0.25) is 0 Å². The SMILES string of the molecule is CN1C2C=C(Cc3cccc(OCc4ccccc4)c3)CC1CC2. The summed E-state index contributed by atoms with van der Waals surface area (Å²) in [4.78, 5) is 2.54. The number of likely N-dealkylation sites (N-methyl/N-ethyl adjacent to an activating group) is 1. The molecule has 0 spiro atoms. The van der Waals surface area contributed by atoms with Gasteiger partial charge in [-0.2, -0.15) is 0 Å². The van der Waals surface area contributed by atoms with Crippen LogP contribution >= 0.6 is 0 Å². The number of hydrogen-bond donors (Lipinski definition) is 0. The van der Waals surface area contributed by atoms with Gasteiger partial charge in [-0.1, -0.05) is 54.1 Å². The predicted molar refractivity (Wildman–Crippen MR) is 98.2 cm³/mol. The second-order valence-corrected chi connectivity index (χ2v) is 7.09. The monoisotopic (exact) mass is 319 g/mol. The lowest BCUT2D eigenvalue weighted by Crippen LogP contribution is -2.35. The Morgan fingerprint density at radius 3 is 2.67 bits per heavy atom. The molecule has 2 aromatic carbocycles. The van der Waals surface area contributed by atoms with Gasteiger partial charge >= 0.3 is 0 Å². The first-order chi connectivity index (χ1) is 11.8. The highest BCUT2D eigenvalue weighted by Gasteiger charge is 2.33. The van der Waals surface area contributed by atoms with Crippen LogP contribution in [0.25, 0.3) is 0 Å². The molecule has 0 aromatic heterocycles. The molecule has 0 saturated carbocycles. The first-order valence-corrected chi connectivity index (χ1v) is 8.95. The van der Waals surface area contributed by atoms with Gasteiger partial charge in [0.15, 0.2) is 0 Å². The maximum absolute atomic E-state index is 5.97. The summed E-state index contributed by atoms with van der Waals surface area (Å²) in [6.07, 6.45) is 7.46. The summed E-state index contributed by atoms with van der Waals surface area (Å²) in [5.74, 6) is 0.966. The molecule has 2 nitrogen and oxygen atoms in total. The van der Waals surface area contributed by atoms with Crippen LogP contribution < -0.4 is 4.74 Å². The molecule has 1 fully saturated rings. The summed E-state index contributed by atoms with van der Waals surface area (Å²) in [7, 11) is 2.27. The summed E-state index contributed by atoms with van der Waals surface area (Å²) >= 11 is 0. The molecule has 124 valence electrons. The molecule has 24 heavy (non-hydrogen) atoms. The maximum Gasteiger partial charge on any atom is 0.120 e. The zero-order chi connectivity index (χ0) is 16.4. The van der Waals surface area contributed by atoms with Crippen LogP contribution in [0.1, 0.15) is 30.4 Å². The fourth-order valence-corrected chi connectivity index (χ4v) is 4.01. The Bertz CT molecular complexity index is 722. The van der Waals surface area contributed by atoms with E-state index in [4.69, 9.17) is 4.74 Å². The van der Waals surface area contributed by atoms with Gasteiger partial charge in [-0.15, -0.1) is 0 Å². The number of benzene rings is 2. The topological polar surface area (TPSA) is 12.5 Å². The highest BCUT2D eigenvalue weighted by Crippen LogP contribution is 2.34. The average molecular weight is 319 g/mol. The third-order valence-corrected chi connectivity index (χ3v) is 5.40. The third kappa shape index (κ3) is 3.39. The summed E-state index contributed by atoms with van der Waals surface area (Å²) < 4.78 is 5.97. The minimum atomic E-state index is 0.627. The fourth-order valence-electron chi connectivity index (χ4n) is 4.01. The minimum Gasteiger partial charge on any atom is -0.489 e. The van der Waals surface area contributed by atoms with E-state index >= 15 is 0 Å². The Labute approximate surface area is 144 Å². The van der Waals surface area contributed by atoms with Crippen molar-refractivity contribution in [3.05, 3.63) is 77.4 Å². The van der Waals surface area contributed by atoms with E-state index in [0.717, 1.165) is 18.2 Å². The molecule has 0 amide bonds. The minimum absolute atomic E-state index is 0.627. The largest absolute Gasteiger partial charge is 0.489 e. The molecule has 2 aliphatic rings. The van der Waals surface area contributed by atoms with E-state index in [0.29, 0.717) is 12.6 Å². The van der Waals surface area contributed by atoms with E-state index in [2.05, 4.69) is 66.6 Å². The maximum atomic E-state index is 5.97. The van der Waals surface area contributed by atoms with Crippen molar-refractivity contribution in [2.24, 2.45) is 0 Å². The second-order valence-electron chi connectivity index (χ2n) is 7.09. The van der Waals surface area contributed by atoms with Crippen LogP contribution in [-0.2, 0) is 13.0 Å². The van der Waals surface area contributed by atoms with Crippen molar-refractivity contribution in [1.29, 1.82) is 0 Å². The van der Waals surface area contributed by atoms with Gasteiger partial charge in [0, 0.05) is 12.1 Å². The number of rotatable bonds is 5. The van der Waals surface area contributed by atoms with Gasteiger partial charge in [0.05, 0.1) is 0 Å². The number of ether oxygens (including phenoxy) is 1. The highest BCUT2D eigenvalue weighted by molar-refractivity contribution is 5.33. The van der Waals surface area contributed by atoms with Crippen LogP contribution in [0.2, 0.25) is 0 Å². The van der Waals surface area contributed by atoms with Crippen LogP contribution in [0.5, 0.6) is 5.75 Å². The predicted octanol–water partition coefficient (Wildman–Crippen LogP) is 4.60. The van der Waals surface area contributed by atoms with Crippen molar-refractivity contribution in [2.75, 3.05) is 7.05 Å². The summed E-state index contributed by atoms with van der Waals surface area (Å²) in [6, 6.07) is 20.3. The van der Waals surface area contributed by atoms with Gasteiger partial charge in [-0.3, -0.25) is 4.90 Å². The molecule has 2 unspecified atom stereocenters. The molecule has 2 atom stereocenters. The number of nitrogens with zero attached hydrogens (tertiary/aromatic N) is 1. The molecular formula is C22H25NO. The zero-order valence-corrected chi connectivity index (χ0v) is 14.3. The standard InChI is InChI=1S/C22H25NO/c1-23-20-10-11-21(23)14-19(13-20)12-18-8-5-9-22(15-18)24-16-17-6-3-2-4-7-17/h2-9,13,15,20-21H,10-12,14,16H2,1H3. The van der Waals surface area contributed by atoms with Gasteiger partial charge < -0.3 is 4.74 Å². The van der Waals surface area contributed by atoms with E-state index in [1.165, 1.54) is 30.4 Å². The van der Waals surface area contributed by atoms with E-state index in [-0.39, 0.29) is 0 Å². The second kappa shape index (κ2) is 6.82. The molecule has 2 heterocycles. The Hall–Kier alpha value is -2.06. The van der Waals surface area contributed by atoms with E-state index in [9.17, 15) is 0 Å². The Morgan fingerprint density at radius 1 is 1.00 bits per heavy atom. The molecule has 0 aliphatic carbocycles. The average Bonchev–Trinajstić information content (AvgIpc) is 2.83. The van der Waals surface area contributed by atoms with Gasteiger partial charge in [-0.05, 0) is 56.0 Å². The first kappa shape index (κ1) is 15.5. The van der Waals surface area contributed by atoms with Crippen molar-refractivity contribution < 1.29 is 4.74 Å². The van der Waals surface area contributed by atoms with Crippen LogP contribution in [0.15, 0.2) is 66.2 Å². The normalized spacial score (nSPS) is 23.1. The van der Waals surface area contributed by atoms with Gasteiger partial charge in [0.25, 0.3) is 0 Å². The lowest BCUT2D eigenvalue weighted by molar-refractivity contribution is 0.253. The number of hydrogen-bond acceptors (Lipinski definition) is 2. The summed E-state index contributed by atoms with van der Waals surface area (Å²) in [5.41, 5.74) is 4.16. The van der Waals surface area contributed by atoms with E-state index < -0.39 is 0 Å². The highest BCUT2D eigenvalue weighted by atomic mass is 16.5. The van der Waals surface area contributed by atoms with Crippen LogP contribution in [0.3, 0.4) is 0 Å². The Balaban J connectivity index is 1.41. The van der Waals surface area contributed by atoms with Crippen molar-refractivity contribution in [2.45, 2.75) is 44.4 Å². The van der Waals surface area contributed by atoms with Gasteiger partial charge in [-0.25, -0.2) is 0 Å². The molecule has 0 radical (unpaired) electrons. The summed E-state index contributed by atoms with van der Waals surface area (Å²) in [6.45, 7) is 0.627. The molecule has 4 rings (SSSR count). The third-order valence-electron chi connectivity index (χ3n) is 5.40. The summed E-state index contributed by atoms with van der Waals surface area (Å²) in [5, 5.41) is 0. The molecule has 2 aliphatic heterocycles. The van der Waals surface area contributed by atoms with E-state index in [1.807, 2.05) is 6.07 Å². The van der Waals surface area contributed by atoms with Crippen LogP contribution in [-0.4, -0.2) is 24.0 Å². The van der Waals surface area contributed by atoms with Crippen molar-refractivity contribution in [1.82, 2.24) is 4.90 Å². The molecule has 1 saturated heterocycles. The van der Waals surface area contributed by atoms with Crippen molar-refractivity contribution in [3.8, 4) is 5.75 Å². The molecule has 0 N–H and O–H groups in total. The molecular weight excluding hydrogens is 294 g/mol. The number of fused-ring (bicyclic) bond motifs is 2. The molecule has 2 bridgehead atoms. The lowest BCUT2D eigenvalue weighted by atomic mass is 9.95. The van der Waals surface area contributed by atoms with Crippen LogP contribution in [0, 0.1) is 0 Å². The molecule has 2 aromatic rings. The lowest BCUT2D eigenvalue weighted by Gasteiger charge is -2.30. The van der Waals surface area contributed by atoms with Gasteiger partial charge in [0.1, 0.15) is 12.4 Å². The zero-order valence-electron chi connectivity index (χ0n) is 14.3.